The molecule has 0 saturated carbocycles. The van der Waals surface area contributed by atoms with Gasteiger partial charge in [0.05, 0.1) is 5.69 Å². The normalized spacial score (nSPS) is 18.4. The van der Waals surface area contributed by atoms with Crippen molar-refractivity contribution >= 4 is 23.4 Å². The highest BCUT2D eigenvalue weighted by molar-refractivity contribution is 5.70. The van der Waals surface area contributed by atoms with Gasteiger partial charge in [-0.2, -0.15) is 0 Å². The molecule has 0 aromatic carbocycles. The van der Waals surface area contributed by atoms with E-state index in [4.69, 9.17) is 10.5 Å². The Morgan fingerprint density at radius 1 is 1.44 bits per heavy atom. The van der Waals surface area contributed by atoms with Crippen LogP contribution in [0.3, 0.4) is 0 Å². The van der Waals surface area contributed by atoms with Crippen molar-refractivity contribution in [3.8, 4) is 0 Å². The number of fused-ring (bicyclic) bond motifs is 1. The molecule has 1 atom stereocenters. The highest BCUT2D eigenvalue weighted by atomic mass is 16.6. The van der Waals surface area contributed by atoms with E-state index < -0.39 is 5.60 Å². The van der Waals surface area contributed by atoms with E-state index in [9.17, 15) is 4.79 Å². The first-order valence-corrected chi connectivity index (χ1v) is 8.58. The van der Waals surface area contributed by atoms with Crippen molar-refractivity contribution in [3.05, 3.63) is 18.1 Å². The lowest BCUT2D eigenvalue weighted by Crippen LogP contribution is -2.49. The van der Waals surface area contributed by atoms with Gasteiger partial charge in [0.25, 0.3) is 0 Å². The summed E-state index contributed by atoms with van der Waals surface area (Å²) in [6.45, 7) is 8.98. The maximum Gasteiger partial charge on any atom is 0.407 e. The fourth-order valence-electron chi connectivity index (χ4n) is 3.08. The summed E-state index contributed by atoms with van der Waals surface area (Å²) in [5.41, 5.74) is 7.10. The van der Waals surface area contributed by atoms with Crippen LogP contribution in [0.1, 0.15) is 39.3 Å². The molecule has 1 aliphatic heterocycles. The Morgan fingerprint density at radius 2 is 2.20 bits per heavy atom. The van der Waals surface area contributed by atoms with E-state index in [-0.39, 0.29) is 12.1 Å². The van der Waals surface area contributed by atoms with Crippen molar-refractivity contribution in [2.45, 2.75) is 52.2 Å². The number of aromatic nitrogens is 3. The van der Waals surface area contributed by atoms with Gasteiger partial charge in [0.1, 0.15) is 11.4 Å². The van der Waals surface area contributed by atoms with Gasteiger partial charge in [-0.05, 0) is 40.5 Å². The zero-order chi connectivity index (χ0) is 18.2. The van der Waals surface area contributed by atoms with E-state index in [0.717, 1.165) is 36.5 Å². The second kappa shape index (κ2) is 6.42. The lowest BCUT2D eigenvalue weighted by atomic mass is 10.1. The van der Waals surface area contributed by atoms with Crippen molar-refractivity contribution in [2.24, 2.45) is 0 Å². The molecule has 3 rings (SSSR count). The maximum atomic E-state index is 12.0. The van der Waals surface area contributed by atoms with Crippen LogP contribution in [0.15, 0.2) is 12.4 Å². The average molecular weight is 346 g/mol. The van der Waals surface area contributed by atoms with E-state index in [1.807, 2.05) is 38.3 Å². The lowest BCUT2D eigenvalue weighted by Gasteiger charge is -2.34. The molecular weight excluding hydrogens is 320 g/mol. The summed E-state index contributed by atoms with van der Waals surface area (Å²) in [4.78, 5) is 23.2. The number of hydrogen-bond donors (Lipinski definition) is 2. The summed E-state index contributed by atoms with van der Waals surface area (Å²) in [6.07, 6.45) is 5.03. The molecule has 8 heteroatoms. The Morgan fingerprint density at radius 3 is 2.92 bits per heavy atom. The van der Waals surface area contributed by atoms with Gasteiger partial charge >= 0.3 is 6.09 Å². The number of carbonyl (C=O) groups excluding carboxylic acids is 1. The first-order valence-electron chi connectivity index (χ1n) is 8.58. The SMILES string of the molecule is Cc1nc2c(N3CCCC(NC(=O)OC(C)(C)C)C3)nccn2c1N. The van der Waals surface area contributed by atoms with Gasteiger partial charge in [0.2, 0.25) is 0 Å². The number of nitrogen functional groups attached to an aromatic ring is 1. The van der Waals surface area contributed by atoms with E-state index >= 15 is 0 Å². The van der Waals surface area contributed by atoms with Crippen LogP contribution in [0.25, 0.3) is 5.65 Å². The van der Waals surface area contributed by atoms with Crippen LogP contribution in [0.4, 0.5) is 16.4 Å². The highest BCUT2D eigenvalue weighted by Gasteiger charge is 2.26. The minimum Gasteiger partial charge on any atom is -0.444 e. The third-order valence-electron chi connectivity index (χ3n) is 4.19. The van der Waals surface area contributed by atoms with E-state index in [1.54, 1.807) is 6.20 Å². The largest absolute Gasteiger partial charge is 0.444 e. The molecule has 3 N–H and O–H groups in total. The molecular formula is C17H26N6O2. The number of ether oxygens (including phenoxy) is 1. The molecule has 1 unspecified atom stereocenters. The number of imidazole rings is 1. The molecule has 136 valence electrons. The number of hydrogen-bond acceptors (Lipinski definition) is 6. The fraction of sp³-hybridized carbons (Fsp3) is 0.588. The van der Waals surface area contributed by atoms with Crippen LogP contribution in [-0.4, -0.2) is 45.2 Å². The van der Waals surface area contributed by atoms with Crippen LogP contribution in [0, 0.1) is 6.92 Å². The Hall–Kier alpha value is -2.51. The Bertz CT molecular complexity index is 779. The Labute approximate surface area is 147 Å². The number of piperidine rings is 1. The van der Waals surface area contributed by atoms with Gasteiger partial charge in [0, 0.05) is 31.5 Å². The van der Waals surface area contributed by atoms with Gasteiger partial charge in [-0.3, -0.25) is 4.40 Å². The van der Waals surface area contributed by atoms with E-state index in [1.165, 1.54) is 0 Å². The standard InChI is InChI=1S/C17H26N6O2/c1-11-13(18)23-9-7-19-14(15(23)20-11)22-8-5-6-12(10-22)21-16(24)25-17(2,3)4/h7,9,12H,5-6,8,10,18H2,1-4H3,(H,21,24). The molecule has 0 radical (unpaired) electrons. The van der Waals surface area contributed by atoms with Gasteiger partial charge in [-0.15, -0.1) is 0 Å². The zero-order valence-electron chi connectivity index (χ0n) is 15.2. The minimum absolute atomic E-state index is 0.0130. The third kappa shape index (κ3) is 3.78. The number of nitrogens with two attached hydrogens (primary N) is 1. The monoisotopic (exact) mass is 346 g/mol. The summed E-state index contributed by atoms with van der Waals surface area (Å²) in [5.74, 6) is 1.41. The lowest BCUT2D eigenvalue weighted by molar-refractivity contribution is 0.0500. The first kappa shape index (κ1) is 17.3. The van der Waals surface area contributed by atoms with Crippen molar-refractivity contribution in [2.75, 3.05) is 23.7 Å². The maximum absolute atomic E-state index is 12.0. The quantitative estimate of drug-likeness (QED) is 0.864. The van der Waals surface area contributed by atoms with Crippen LogP contribution in [0.5, 0.6) is 0 Å². The second-order valence-electron chi connectivity index (χ2n) is 7.46. The summed E-state index contributed by atoms with van der Waals surface area (Å²) >= 11 is 0. The molecule has 1 aliphatic rings. The number of alkyl carbamates (subject to hydrolysis) is 1. The molecule has 3 heterocycles. The van der Waals surface area contributed by atoms with E-state index in [2.05, 4.69) is 20.2 Å². The number of carbonyl (C=O) groups is 1. The third-order valence-corrected chi connectivity index (χ3v) is 4.19. The number of aryl methyl sites for hydroxylation is 1. The fourth-order valence-corrected chi connectivity index (χ4v) is 3.08. The number of nitrogens with zero attached hydrogens (tertiary/aromatic N) is 4. The van der Waals surface area contributed by atoms with Crippen molar-refractivity contribution < 1.29 is 9.53 Å². The van der Waals surface area contributed by atoms with Crippen LogP contribution < -0.4 is 16.0 Å². The second-order valence-corrected chi connectivity index (χ2v) is 7.46. The van der Waals surface area contributed by atoms with Gasteiger partial charge < -0.3 is 20.7 Å². The summed E-state index contributed by atoms with van der Waals surface area (Å²) in [5, 5.41) is 2.96. The molecule has 1 amide bonds. The van der Waals surface area contributed by atoms with Crippen LogP contribution >= 0.6 is 0 Å². The molecule has 0 bridgehead atoms. The molecule has 8 nitrogen and oxygen atoms in total. The van der Waals surface area contributed by atoms with Gasteiger partial charge in [-0.25, -0.2) is 14.8 Å². The Balaban J connectivity index is 1.76. The molecule has 2 aromatic rings. The molecule has 2 aromatic heterocycles. The summed E-state index contributed by atoms with van der Waals surface area (Å²) in [6, 6.07) is 0.0130. The number of rotatable bonds is 2. The highest BCUT2D eigenvalue weighted by Crippen LogP contribution is 2.25. The summed E-state index contributed by atoms with van der Waals surface area (Å²) < 4.78 is 7.20. The summed E-state index contributed by atoms with van der Waals surface area (Å²) in [7, 11) is 0. The average Bonchev–Trinajstić information content (AvgIpc) is 2.81. The van der Waals surface area contributed by atoms with Crippen molar-refractivity contribution in [3.63, 3.8) is 0 Å². The van der Waals surface area contributed by atoms with Gasteiger partial charge in [0.15, 0.2) is 11.5 Å². The molecule has 1 fully saturated rings. The van der Waals surface area contributed by atoms with Crippen LogP contribution in [-0.2, 0) is 4.74 Å². The van der Waals surface area contributed by atoms with Crippen LogP contribution in [0.2, 0.25) is 0 Å². The Kier molecular flexibility index (Phi) is 4.45. The number of nitrogens with one attached hydrogen (secondary N) is 1. The predicted molar refractivity (Wildman–Crippen MR) is 96.7 cm³/mol. The molecule has 0 aliphatic carbocycles. The minimum atomic E-state index is -0.503. The first-order chi connectivity index (χ1) is 11.7. The number of amides is 1. The predicted octanol–water partition coefficient (Wildman–Crippen LogP) is 2.11. The van der Waals surface area contributed by atoms with Crippen molar-refractivity contribution in [1.82, 2.24) is 19.7 Å². The van der Waals surface area contributed by atoms with Gasteiger partial charge in [-0.1, -0.05) is 0 Å². The topological polar surface area (TPSA) is 97.8 Å². The molecule has 0 spiro atoms. The smallest absolute Gasteiger partial charge is 0.407 e. The zero-order valence-corrected chi connectivity index (χ0v) is 15.2. The van der Waals surface area contributed by atoms with E-state index in [0.29, 0.717) is 12.4 Å². The van der Waals surface area contributed by atoms with Crippen molar-refractivity contribution in [1.29, 1.82) is 0 Å². The number of anilines is 2. The molecule has 1 saturated heterocycles. The molecule has 25 heavy (non-hydrogen) atoms.